The number of ether oxygens (including phenoxy) is 1. The minimum Gasteiger partial charge on any atom is -0.466 e. The van der Waals surface area contributed by atoms with Gasteiger partial charge in [0.2, 0.25) is 5.91 Å². The first kappa shape index (κ1) is 69.3. The monoisotopic (exact) mass is 1000 g/mol. The van der Waals surface area contributed by atoms with Crippen LogP contribution < -0.4 is 5.32 Å². The highest BCUT2D eigenvalue weighted by atomic mass is 16.5. The van der Waals surface area contributed by atoms with Crippen LogP contribution in [0.2, 0.25) is 0 Å². The molecule has 0 saturated heterocycles. The molecule has 2 atom stereocenters. The smallest absolute Gasteiger partial charge is 0.305 e. The molecule has 0 aromatic carbocycles. The van der Waals surface area contributed by atoms with Crippen molar-refractivity contribution in [2.24, 2.45) is 0 Å². The van der Waals surface area contributed by atoms with Crippen molar-refractivity contribution in [2.75, 3.05) is 13.2 Å². The lowest BCUT2D eigenvalue weighted by Crippen LogP contribution is -2.45. The summed E-state index contributed by atoms with van der Waals surface area (Å²) in [5, 5.41) is 23.0. The van der Waals surface area contributed by atoms with E-state index in [4.69, 9.17) is 4.74 Å². The number of allylic oxidation sites excluding steroid dienone is 3. The molecule has 0 aliphatic rings. The second-order valence-corrected chi connectivity index (χ2v) is 22.1. The number of carbonyl (C=O) groups is 2. The van der Waals surface area contributed by atoms with E-state index >= 15 is 0 Å². The Labute approximate surface area is 443 Å². The van der Waals surface area contributed by atoms with Crippen LogP contribution in [0.1, 0.15) is 354 Å². The van der Waals surface area contributed by atoms with Crippen LogP contribution in [0.25, 0.3) is 0 Å². The van der Waals surface area contributed by atoms with Gasteiger partial charge in [-0.25, -0.2) is 0 Å². The molecule has 0 aromatic heterocycles. The van der Waals surface area contributed by atoms with Crippen molar-refractivity contribution in [2.45, 2.75) is 366 Å². The molecule has 2 unspecified atom stereocenters. The molecule has 6 heteroatoms. The summed E-state index contributed by atoms with van der Waals surface area (Å²) in [5.41, 5.74) is 0. The highest BCUT2D eigenvalue weighted by molar-refractivity contribution is 5.76. The van der Waals surface area contributed by atoms with Crippen LogP contribution in [0, 0.1) is 0 Å². The molecule has 71 heavy (non-hydrogen) atoms. The quantitative estimate of drug-likeness (QED) is 0.0320. The van der Waals surface area contributed by atoms with Crippen molar-refractivity contribution in [3.63, 3.8) is 0 Å². The minimum absolute atomic E-state index is 0.0104. The molecular formula is C65H125NO5. The van der Waals surface area contributed by atoms with Gasteiger partial charge in [-0.15, -0.1) is 0 Å². The Kier molecular flexibility index (Phi) is 59.5. The molecule has 0 aliphatic carbocycles. The predicted molar refractivity (Wildman–Crippen MR) is 310 cm³/mol. The summed E-state index contributed by atoms with van der Waals surface area (Å²) in [7, 11) is 0. The summed E-state index contributed by atoms with van der Waals surface area (Å²) < 4.78 is 5.47. The minimum atomic E-state index is -0.839. The van der Waals surface area contributed by atoms with Gasteiger partial charge in [-0.1, -0.05) is 308 Å². The topological polar surface area (TPSA) is 95.9 Å². The highest BCUT2D eigenvalue weighted by Crippen LogP contribution is 2.18. The molecule has 0 bridgehead atoms. The largest absolute Gasteiger partial charge is 0.466 e. The second-order valence-electron chi connectivity index (χ2n) is 22.1. The second kappa shape index (κ2) is 60.9. The van der Waals surface area contributed by atoms with E-state index in [9.17, 15) is 19.8 Å². The molecule has 0 aliphatic heterocycles. The van der Waals surface area contributed by atoms with Crippen molar-refractivity contribution in [3.8, 4) is 0 Å². The molecule has 0 radical (unpaired) electrons. The number of esters is 1. The third kappa shape index (κ3) is 57.5. The molecule has 1 amide bonds. The van der Waals surface area contributed by atoms with Crippen molar-refractivity contribution in [1.82, 2.24) is 5.32 Å². The van der Waals surface area contributed by atoms with Gasteiger partial charge in [-0.05, 0) is 57.8 Å². The van der Waals surface area contributed by atoms with Gasteiger partial charge >= 0.3 is 5.97 Å². The number of hydrogen-bond donors (Lipinski definition) is 3. The number of rotatable bonds is 60. The lowest BCUT2D eigenvalue weighted by molar-refractivity contribution is -0.143. The molecule has 420 valence electrons. The third-order valence-electron chi connectivity index (χ3n) is 15.0. The van der Waals surface area contributed by atoms with Gasteiger partial charge in [0.15, 0.2) is 0 Å². The van der Waals surface area contributed by atoms with E-state index in [1.54, 1.807) is 6.08 Å². The maximum Gasteiger partial charge on any atom is 0.305 e. The Morgan fingerprint density at radius 3 is 1.03 bits per heavy atom. The van der Waals surface area contributed by atoms with E-state index in [2.05, 4.69) is 31.3 Å². The first-order valence-electron chi connectivity index (χ1n) is 32.1. The normalized spacial score (nSPS) is 12.7. The Morgan fingerprint density at radius 1 is 0.380 bits per heavy atom. The van der Waals surface area contributed by atoms with Gasteiger partial charge in [-0.3, -0.25) is 9.59 Å². The first-order valence-corrected chi connectivity index (χ1v) is 32.1. The van der Waals surface area contributed by atoms with Crippen LogP contribution >= 0.6 is 0 Å². The van der Waals surface area contributed by atoms with E-state index in [0.29, 0.717) is 19.4 Å². The standard InChI is InChI=1S/C65H125NO5/c1-3-5-7-9-11-13-15-39-43-47-51-55-59-65(70)71-60-56-52-48-44-40-36-34-32-30-28-26-24-22-20-18-16-17-19-21-23-25-27-29-31-33-35-38-42-46-50-54-58-64(69)66-62(61-67)63(68)57-53-49-45-41-37-14-12-10-8-6-4-2/h11,13,53,57,62-63,67-68H,3-10,12,14-52,54-56,58-61H2,1-2H3,(H,66,69)/b13-11-,57-53+. The van der Waals surface area contributed by atoms with Crippen LogP contribution in [0.3, 0.4) is 0 Å². The Bertz CT molecular complexity index is 1110. The molecule has 0 spiro atoms. The van der Waals surface area contributed by atoms with Crippen LogP contribution in [0.4, 0.5) is 0 Å². The van der Waals surface area contributed by atoms with Crippen LogP contribution in [0.5, 0.6) is 0 Å². The zero-order valence-corrected chi connectivity index (χ0v) is 48.0. The highest BCUT2D eigenvalue weighted by Gasteiger charge is 2.18. The first-order chi connectivity index (χ1) is 35.0. The fourth-order valence-corrected chi connectivity index (χ4v) is 10.0. The number of aliphatic hydroxyl groups excluding tert-OH is 2. The summed E-state index contributed by atoms with van der Waals surface area (Å²) in [6, 6.07) is -0.622. The number of aliphatic hydroxyl groups is 2. The Balaban J connectivity index is 3.32. The molecule has 0 fully saturated rings. The summed E-state index contributed by atoms with van der Waals surface area (Å²) in [4.78, 5) is 24.4. The number of carbonyl (C=O) groups excluding carboxylic acids is 2. The van der Waals surface area contributed by atoms with Crippen LogP contribution in [-0.4, -0.2) is 47.4 Å². The SMILES string of the molecule is CCCCC/C=C\CCCCCCCC(=O)OCCCCCCCCCCCCCCCCCCCCCCCCCCCCCCCCCC(=O)NC(CO)C(O)/C=C/CCCCCCCCCCC. The molecule has 0 heterocycles. The van der Waals surface area contributed by atoms with Gasteiger partial charge in [0.1, 0.15) is 0 Å². The van der Waals surface area contributed by atoms with E-state index in [1.165, 1.54) is 283 Å². The van der Waals surface area contributed by atoms with Crippen molar-refractivity contribution in [1.29, 1.82) is 0 Å². The average molecular weight is 1000 g/mol. The molecular weight excluding hydrogens is 875 g/mol. The van der Waals surface area contributed by atoms with Crippen LogP contribution in [0.15, 0.2) is 24.3 Å². The maximum absolute atomic E-state index is 12.4. The molecule has 0 rings (SSSR count). The van der Waals surface area contributed by atoms with E-state index < -0.39 is 12.1 Å². The van der Waals surface area contributed by atoms with Gasteiger partial charge in [0.05, 0.1) is 25.4 Å². The van der Waals surface area contributed by atoms with E-state index in [1.807, 2.05) is 6.08 Å². The van der Waals surface area contributed by atoms with Crippen molar-refractivity contribution in [3.05, 3.63) is 24.3 Å². The van der Waals surface area contributed by atoms with Gasteiger partial charge in [0, 0.05) is 12.8 Å². The lowest BCUT2D eigenvalue weighted by Gasteiger charge is -2.20. The summed E-state index contributed by atoms with van der Waals surface area (Å²) >= 11 is 0. The van der Waals surface area contributed by atoms with Crippen LogP contribution in [-0.2, 0) is 14.3 Å². The van der Waals surface area contributed by atoms with Crippen molar-refractivity contribution >= 4 is 11.9 Å². The van der Waals surface area contributed by atoms with Gasteiger partial charge in [-0.2, -0.15) is 0 Å². The average Bonchev–Trinajstić information content (AvgIpc) is 3.37. The fraction of sp³-hybridized carbons (Fsp3) is 0.908. The third-order valence-corrected chi connectivity index (χ3v) is 15.0. The number of unbranched alkanes of at least 4 members (excludes halogenated alkanes) is 47. The Morgan fingerprint density at radius 2 is 0.662 bits per heavy atom. The molecule has 0 aromatic rings. The van der Waals surface area contributed by atoms with Crippen molar-refractivity contribution < 1.29 is 24.5 Å². The summed E-state index contributed by atoms with van der Waals surface area (Å²) in [6.45, 7) is 4.88. The molecule has 3 N–H and O–H groups in total. The zero-order valence-electron chi connectivity index (χ0n) is 48.0. The lowest BCUT2D eigenvalue weighted by atomic mass is 10.0. The summed E-state index contributed by atoms with van der Waals surface area (Å²) in [5.74, 6) is -0.0534. The number of hydrogen-bond acceptors (Lipinski definition) is 5. The number of amides is 1. The van der Waals surface area contributed by atoms with Gasteiger partial charge in [0.25, 0.3) is 0 Å². The Hall–Kier alpha value is -1.66. The van der Waals surface area contributed by atoms with E-state index in [-0.39, 0.29) is 18.5 Å². The van der Waals surface area contributed by atoms with E-state index in [0.717, 1.165) is 44.9 Å². The molecule has 0 saturated carbocycles. The number of nitrogens with one attached hydrogen (secondary N) is 1. The zero-order chi connectivity index (χ0) is 51.4. The molecule has 6 nitrogen and oxygen atoms in total. The van der Waals surface area contributed by atoms with Gasteiger partial charge < -0.3 is 20.3 Å². The predicted octanol–water partition coefficient (Wildman–Crippen LogP) is 20.2. The summed E-state index contributed by atoms with van der Waals surface area (Å²) in [6.07, 6.45) is 75.3. The maximum atomic E-state index is 12.4. The fourth-order valence-electron chi connectivity index (χ4n) is 10.0.